The van der Waals surface area contributed by atoms with Crippen LogP contribution in [0, 0.1) is 6.92 Å². The van der Waals surface area contributed by atoms with Crippen molar-refractivity contribution < 1.29 is 9.31 Å². The van der Waals surface area contributed by atoms with Crippen LogP contribution in [0.1, 0.15) is 12.5 Å². The topological polar surface area (TPSA) is 39.0 Å². The fraction of sp³-hybridized carbons (Fsp3) is 0.364. The summed E-state index contributed by atoms with van der Waals surface area (Å²) in [7, 11) is 1.89. The van der Waals surface area contributed by atoms with Gasteiger partial charge in [-0.15, -0.1) is 4.52 Å². The highest BCUT2D eigenvalue weighted by atomic mass is 32.2. The zero-order valence-corrected chi connectivity index (χ0v) is 10.4. The van der Waals surface area contributed by atoms with Gasteiger partial charge in [0.1, 0.15) is 12.0 Å². The van der Waals surface area contributed by atoms with E-state index in [-0.39, 0.29) is 5.78 Å². The quantitative estimate of drug-likeness (QED) is 0.593. The number of hydrogen-bond donors (Lipinski definition) is 0. The van der Waals surface area contributed by atoms with Crippen LogP contribution in [0.2, 0.25) is 0 Å². The first kappa shape index (κ1) is 11.1. The molecule has 0 bridgehead atoms. The van der Waals surface area contributed by atoms with Gasteiger partial charge in [0.05, 0.1) is 17.9 Å². The summed E-state index contributed by atoms with van der Waals surface area (Å²) in [5, 5.41) is 5.29. The maximum Gasteiger partial charge on any atom is 0.283 e. The Labute approximate surface area is 98.2 Å². The summed E-state index contributed by atoms with van der Waals surface area (Å²) in [6, 6.07) is 4.08. The molecule has 0 atom stereocenters. The van der Waals surface area contributed by atoms with E-state index < -0.39 is 0 Å². The summed E-state index contributed by atoms with van der Waals surface area (Å²) < 4.78 is 1.98. The Bertz CT molecular complexity index is 547. The molecule has 0 saturated heterocycles. The van der Waals surface area contributed by atoms with Gasteiger partial charge in [-0.3, -0.25) is 4.79 Å². The van der Waals surface area contributed by atoms with Gasteiger partial charge >= 0.3 is 0 Å². The molecule has 0 aliphatic heterocycles. The van der Waals surface area contributed by atoms with Crippen molar-refractivity contribution in [2.45, 2.75) is 18.9 Å². The molecule has 0 aromatic carbocycles. The van der Waals surface area contributed by atoms with E-state index in [1.807, 2.05) is 30.8 Å². The summed E-state index contributed by atoms with van der Waals surface area (Å²) in [5.74, 6) is 0.640. The highest BCUT2D eigenvalue weighted by Gasteiger charge is 2.18. The third-order valence-electron chi connectivity index (χ3n) is 2.26. The highest BCUT2D eigenvalue weighted by molar-refractivity contribution is 8.00. The van der Waals surface area contributed by atoms with Crippen LogP contribution in [0.25, 0.3) is 5.52 Å². The predicted molar refractivity (Wildman–Crippen MR) is 62.5 cm³/mol. The molecular weight excluding hydrogens is 222 g/mol. The molecule has 2 heterocycles. The number of aromatic nitrogens is 3. The molecule has 0 N–H and O–H groups in total. The van der Waals surface area contributed by atoms with Crippen LogP contribution in [0.5, 0.6) is 0 Å². The van der Waals surface area contributed by atoms with Gasteiger partial charge in [-0.25, -0.2) is 0 Å². The Morgan fingerprint density at radius 1 is 1.56 bits per heavy atom. The Morgan fingerprint density at radius 2 is 2.31 bits per heavy atom. The third kappa shape index (κ3) is 2.09. The molecule has 84 valence electrons. The van der Waals surface area contributed by atoms with Crippen molar-refractivity contribution in [3.8, 4) is 0 Å². The molecule has 0 radical (unpaired) electrons. The third-order valence-corrected chi connectivity index (χ3v) is 3.37. The maximum atomic E-state index is 11.0. The number of carbonyl (C=O) groups excluding carboxylic acids is 1. The first-order chi connectivity index (χ1) is 7.58. The van der Waals surface area contributed by atoms with Crippen molar-refractivity contribution in [2.24, 2.45) is 7.05 Å². The normalized spacial score (nSPS) is 10.9. The monoisotopic (exact) mass is 236 g/mol. The summed E-state index contributed by atoms with van der Waals surface area (Å²) in [4.78, 5) is 12.7. The lowest BCUT2D eigenvalue weighted by atomic mass is 10.3. The number of nitrogens with zero attached hydrogens (tertiary/aromatic N) is 3. The van der Waals surface area contributed by atoms with Crippen molar-refractivity contribution in [2.75, 3.05) is 5.75 Å². The number of carbonyl (C=O) groups is 1. The van der Waals surface area contributed by atoms with Gasteiger partial charge in [-0.1, -0.05) is 17.8 Å². The Balaban J connectivity index is 2.43. The number of Topliss-reactive ketones (excluding diaryl/α,β-unsaturated/α-hetero) is 1. The molecule has 2 rings (SSSR count). The fourth-order valence-electron chi connectivity index (χ4n) is 1.50. The number of ketones is 1. The summed E-state index contributed by atoms with van der Waals surface area (Å²) in [6.07, 6.45) is 2.03. The molecule has 0 spiro atoms. The summed E-state index contributed by atoms with van der Waals surface area (Å²) >= 11 is 1.48. The van der Waals surface area contributed by atoms with Crippen LogP contribution >= 0.6 is 11.8 Å². The lowest BCUT2D eigenvalue weighted by Gasteiger charge is -1.91. The number of hydrogen-bond acceptors (Lipinski definition) is 3. The molecule has 0 fully saturated rings. The van der Waals surface area contributed by atoms with Crippen LogP contribution in [0.15, 0.2) is 23.4 Å². The van der Waals surface area contributed by atoms with Crippen molar-refractivity contribution in [1.82, 2.24) is 9.90 Å². The smallest absolute Gasteiger partial charge is 0.283 e. The second-order valence-corrected chi connectivity index (χ2v) is 4.79. The molecular formula is C11H14N3OS+. The van der Waals surface area contributed by atoms with E-state index in [1.165, 1.54) is 17.3 Å². The maximum absolute atomic E-state index is 11.0. The molecule has 0 saturated carbocycles. The van der Waals surface area contributed by atoms with Crippen LogP contribution in [0.3, 0.4) is 0 Å². The van der Waals surface area contributed by atoms with E-state index in [2.05, 4.69) is 11.2 Å². The van der Waals surface area contributed by atoms with E-state index in [9.17, 15) is 4.79 Å². The van der Waals surface area contributed by atoms with Gasteiger partial charge in [-0.2, -0.15) is 0 Å². The van der Waals surface area contributed by atoms with Crippen LogP contribution in [0.4, 0.5) is 0 Å². The Kier molecular flexibility index (Phi) is 2.96. The molecule has 0 aliphatic rings. The van der Waals surface area contributed by atoms with E-state index in [0.29, 0.717) is 5.75 Å². The first-order valence-corrected chi connectivity index (χ1v) is 6.04. The minimum atomic E-state index is 0.168. The number of pyridine rings is 1. The molecule has 5 heteroatoms. The molecule has 2 aromatic heterocycles. The van der Waals surface area contributed by atoms with Gasteiger partial charge in [0.25, 0.3) is 5.03 Å². The molecule has 4 nitrogen and oxygen atoms in total. The second-order valence-electron chi connectivity index (χ2n) is 3.82. The second kappa shape index (κ2) is 4.25. The molecule has 0 amide bonds. The minimum absolute atomic E-state index is 0.168. The van der Waals surface area contributed by atoms with Gasteiger partial charge in [0.15, 0.2) is 0 Å². The summed E-state index contributed by atoms with van der Waals surface area (Å²) in [5.41, 5.74) is 2.22. The Hall–Kier alpha value is -1.36. The predicted octanol–water partition coefficient (Wildman–Crippen LogP) is 1.15. The number of fused-ring (bicyclic) bond motifs is 1. The largest absolute Gasteiger partial charge is 0.299 e. The average Bonchev–Trinajstić information content (AvgIpc) is 2.53. The standard InChI is InChI=1S/C11H14N3OS/c1-8-4-5-10-11(16-7-9(2)15)12-13(3)14(10)6-8/h4-6H,7H2,1-3H3/q+1. The van der Waals surface area contributed by atoms with Crippen LogP contribution in [-0.4, -0.2) is 21.4 Å². The van der Waals surface area contributed by atoms with E-state index in [4.69, 9.17) is 0 Å². The highest BCUT2D eigenvalue weighted by Crippen LogP contribution is 2.18. The van der Waals surface area contributed by atoms with Gasteiger partial charge in [0.2, 0.25) is 5.52 Å². The van der Waals surface area contributed by atoms with Gasteiger partial charge < -0.3 is 0 Å². The summed E-state index contributed by atoms with van der Waals surface area (Å²) in [6.45, 7) is 3.64. The van der Waals surface area contributed by atoms with Crippen LogP contribution in [-0.2, 0) is 11.8 Å². The number of aryl methyl sites for hydroxylation is 2. The van der Waals surface area contributed by atoms with E-state index in [1.54, 1.807) is 11.7 Å². The zero-order valence-electron chi connectivity index (χ0n) is 9.60. The lowest BCUT2D eigenvalue weighted by Crippen LogP contribution is -2.31. The fourth-order valence-corrected chi connectivity index (χ4v) is 2.33. The Morgan fingerprint density at radius 3 is 3.00 bits per heavy atom. The SMILES string of the molecule is CC(=O)CSc1nn(C)[n+]2cc(C)ccc12. The number of rotatable bonds is 3. The van der Waals surface area contributed by atoms with Crippen molar-refractivity contribution in [3.05, 3.63) is 23.9 Å². The van der Waals surface area contributed by atoms with E-state index >= 15 is 0 Å². The van der Waals surface area contributed by atoms with Gasteiger partial charge in [0, 0.05) is 0 Å². The lowest BCUT2D eigenvalue weighted by molar-refractivity contribution is -0.613. The zero-order chi connectivity index (χ0) is 11.7. The van der Waals surface area contributed by atoms with Gasteiger partial charge in [-0.05, 0) is 30.3 Å². The average molecular weight is 236 g/mol. The van der Waals surface area contributed by atoms with Crippen molar-refractivity contribution in [1.29, 1.82) is 0 Å². The van der Waals surface area contributed by atoms with Crippen molar-refractivity contribution >= 4 is 23.1 Å². The molecule has 0 unspecified atom stereocenters. The van der Waals surface area contributed by atoms with Crippen LogP contribution < -0.4 is 4.52 Å². The number of thioether (sulfide) groups is 1. The first-order valence-electron chi connectivity index (χ1n) is 5.05. The van der Waals surface area contributed by atoms with E-state index in [0.717, 1.165) is 10.5 Å². The minimum Gasteiger partial charge on any atom is -0.299 e. The molecule has 16 heavy (non-hydrogen) atoms. The molecule has 2 aromatic rings. The van der Waals surface area contributed by atoms with Crippen molar-refractivity contribution in [3.63, 3.8) is 0 Å². The molecule has 0 aliphatic carbocycles.